The molecule has 0 saturated heterocycles. The zero-order valence-corrected chi connectivity index (χ0v) is 13.2. The van der Waals surface area contributed by atoms with Gasteiger partial charge in [-0.25, -0.2) is 0 Å². The summed E-state index contributed by atoms with van der Waals surface area (Å²) in [6, 6.07) is 8.87. The largest absolute Gasteiger partial charge is 0.497 e. The first-order valence-electron chi connectivity index (χ1n) is 7.74. The average Bonchev–Trinajstić information content (AvgIpc) is 2.49. The molecule has 20 heavy (non-hydrogen) atoms. The highest BCUT2D eigenvalue weighted by Crippen LogP contribution is 2.15. The van der Waals surface area contributed by atoms with Crippen molar-refractivity contribution in [2.45, 2.75) is 45.6 Å². The third-order valence-corrected chi connectivity index (χ3v) is 3.34. The third kappa shape index (κ3) is 6.92. The van der Waals surface area contributed by atoms with Crippen molar-refractivity contribution in [2.75, 3.05) is 26.9 Å². The molecule has 1 aromatic carbocycles. The average molecular weight is 279 g/mol. The van der Waals surface area contributed by atoms with Gasteiger partial charge < -0.3 is 14.8 Å². The van der Waals surface area contributed by atoms with Crippen LogP contribution in [-0.2, 0) is 11.2 Å². The summed E-state index contributed by atoms with van der Waals surface area (Å²) in [5.74, 6) is 0.936. The molecular formula is C17H29NO2. The number of hydrogen-bond donors (Lipinski definition) is 1. The number of ether oxygens (including phenoxy) is 2. The van der Waals surface area contributed by atoms with Gasteiger partial charge in [-0.05, 0) is 56.8 Å². The Morgan fingerprint density at radius 2 is 2.10 bits per heavy atom. The highest BCUT2D eigenvalue weighted by Gasteiger charge is 2.09. The summed E-state index contributed by atoms with van der Waals surface area (Å²) in [4.78, 5) is 0. The number of hydrogen-bond acceptors (Lipinski definition) is 3. The lowest BCUT2D eigenvalue weighted by Crippen LogP contribution is -2.32. The van der Waals surface area contributed by atoms with E-state index in [9.17, 15) is 0 Å². The van der Waals surface area contributed by atoms with Crippen LogP contribution in [0.3, 0.4) is 0 Å². The van der Waals surface area contributed by atoms with Crippen LogP contribution in [0.2, 0.25) is 0 Å². The van der Waals surface area contributed by atoms with E-state index in [2.05, 4.69) is 30.4 Å². The zero-order chi connectivity index (χ0) is 14.6. The minimum Gasteiger partial charge on any atom is -0.497 e. The monoisotopic (exact) mass is 279 g/mol. The molecule has 3 heteroatoms. The summed E-state index contributed by atoms with van der Waals surface area (Å²) in [5, 5.41) is 3.64. The van der Waals surface area contributed by atoms with Crippen LogP contribution in [-0.4, -0.2) is 32.9 Å². The smallest absolute Gasteiger partial charge is 0.119 e. The van der Waals surface area contributed by atoms with Crippen LogP contribution in [0, 0.1) is 0 Å². The minimum absolute atomic E-state index is 0.516. The lowest BCUT2D eigenvalue weighted by molar-refractivity contribution is 0.140. The highest BCUT2D eigenvalue weighted by atomic mass is 16.5. The Morgan fingerprint density at radius 3 is 2.80 bits per heavy atom. The first kappa shape index (κ1) is 17.0. The van der Waals surface area contributed by atoms with Gasteiger partial charge in [0.2, 0.25) is 0 Å². The van der Waals surface area contributed by atoms with Gasteiger partial charge in [0.1, 0.15) is 5.75 Å². The highest BCUT2D eigenvalue weighted by molar-refractivity contribution is 5.28. The van der Waals surface area contributed by atoms with Crippen LogP contribution in [0.15, 0.2) is 24.3 Å². The molecule has 0 amide bonds. The molecule has 0 saturated carbocycles. The number of nitrogens with one attached hydrogen (secondary N) is 1. The first-order valence-corrected chi connectivity index (χ1v) is 7.74. The molecule has 0 aromatic heterocycles. The van der Waals surface area contributed by atoms with Gasteiger partial charge in [0, 0.05) is 19.3 Å². The van der Waals surface area contributed by atoms with Gasteiger partial charge in [0.15, 0.2) is 0 Å². The van der Waals surface area contributed by atoms with E-state index in [0.29, 0.717) is 6.04 Å². The Balaban J connectivity index is 2.48. The Labute approximate surface area is 123 Å². The Bertz CT molecular complexity index is 355. The van der Waals surface area contributed by atoms with Crippen molar-refractivity contribution in [3.63, 3.8) is 0 Å². The predicted octanol–water partition coefficient (Wildman–Crippen LogP) is 3.42. The molecule has 1 N–H and O–H groups in total. The Morgan fingerprint density at radius 1 is 1.25 bits per heavy atom. The van der Waals surface area contributed by atoms with Crippen molar-refractivity contribution < 1.29 is 9.47 Å². The van der Waals surface area contributed by atoms with E-state index in [4.69, 9.17) is 9.47 Å². The lowest BCUT2D eigenvalue weighted by atomic mass is 10.0. The molecular weight excluding hydrogens is 250 g/mol. The van der Waals surface area contributed by atoms with E-state index in [0.717, 1.165) is 44.8 Å². The molecule has 3 nitrogen and oxygen atoms in total. The van der Waals surface area contributed by atoms with Crippen molar-refractivity contribution in [1.29, 1.82) is 0 Å². The normalized spacial score (nSPS) is 12.3. The molecule has 0 aliphatic carbocycles. The second-order valence-corrected chi connectivity index (χ2v) is 5.05. The van der Waals surface area contributed by atoms with Gasteiger partial charge in [0.25, 0.3) is 0 Å². The molecule has 1 aromatic rings. The summed E-state index contributed by atoms with van der Waals surface area (Å²) in [5.41, 5.74) is 1.33. The number of benzene rings is 1. The zero-order valence-electron chi connectivity index (χ0n) is 13.2. The summed E-state index contributed by atoms with van der Waals surface area (Å²) in [7, 11) is 1.72. The van der Waals surface area contributed by atoms with Crippen molar-refractivity contribution in [1.82, 2.24) is 5.32 Å². The Kier molecular flexibility index (Phi) is 9.09. The maximum absolute atomic E-state index is 5.43. The van der Waals surface area contributed by atoms with E-state index < -0.39 is 0 Å². The molecule has 1 rings (SSSR count). The van der Waals surface area contributed by atoms with Crippen LogP contribution < -0.4 is 10.1 Å². The second kappa shape index (κ2) is 10.7. The van der Waals surface area contributed by atoms with E-state index in [1.54, 1.807) is 7.11 Å². The molecule has 0 spiro atoms. The minimum atomic E-state index is 0.516. The van der Waals surface area contributed by atoms with Gasteiger partial charge in [-0.3, -0.25) is 0 Å². The van der Waals surface area contributed by atoms with Gasteiger partial charge >= 0.3 is 0 Å². The fourth-order valence-electron chi connectivity index (χ4n) is 2.28. The van der Waals surface area contributed by atoms with Gasteiger partial charge in [-0.1, -0.05) is 19.1 Å². The van der Waals surface area contributed by atoms with E-state index in [1.165, 1.54) is 12.0 Å². The van der Waals surface area contributed by atoms with E-state index in [1.807, 2.05) is 13.0 Å². The van der Waals surface area contributed by atoms with Crippen molar-refractivity contribution in [3.05, 3.63) is 29.8 Å². The molecule has 0 heterocycles. The topological polar surface area (TPSA) is 30.5 Å². The van der Waals surface area contributed by atoms with Crippen LogP contribution in [0.1, 0.15) is 38.7 Å². The van der Waals surface area contributed by atoms with Crippen molar-refractivity contribution in [3.8, 4) is 5.75 Å². The van der Waals surface area contributed by atoms with Gasteiger partial charge in [-0.15, -0.1) is 0 Å². The summed E-state index contributed by atoms with van der Waals surface area (Å²) < 4.78 is 10.7. The number of rotatable bonds is 11. The van der Waals surface area contributed by atoms with Gasteiger partial charge in [-0.2, -0.15) is 0 Å². The fourth-order valence-corrected chi connectivity index (χ4v) is 2.28. The van der Waals surface area contributed by atoms with Gasteiger partial charge in [0.05, 0.1) is 7.11 Å². The van der Waals surface area contributed by atoms with Crippen LogP contribution in [0.5, 0.6) is 5.75 Å². The summed E-state index contributed by atoms with van der Waals surface area (Å²) in [6.07, 6.45) is 4.47. The molecule has 114 valence electrons. The van der Waals surface area contributed by atoms with Crippen molar-refractivity contribution >= 4 is 0 Å². The molecule has 0 aliphatic heterocycles. The molecule has 1 unspecified atom stereocenters. The Hall–Kier alpha value is -1.06. The SMILES string of the molecule is CCCNC(CCCOCC)Cc1cccc(OC)c1. The second-order valence-electron chi connectivity index (χ2n) is 5.05. The lowest BCUT2D eigenvalue weighted by Gasteiger charge is -2.19. The molecule has 0 aliphatic rings. The maximum Gasteiger partial charge on any atom is 0.119 e. The van der Waals surface area contributed by atoms with Crippen LogP contribution >= 0.6 is 0 Å². The standard InChI is InChI=1S/C17H29NO2/c1-4-11-18-16(9-7-12-20-5-2)13-15-8-6-10-17(14-15)19-3/h6,8,10,14,16,18H,4-5,7,9,11-13H2,1-3H3. The van der Waals surface area contributed by atoms with E-state index >= 15 is 0 Å². The molecule has 0 bridgehead atoms. The molecule has 1 atom stereocenters. The summed E-state index contributed by atoms with van der Waals surface area (Å²) in [6.45, 7) is 6.99. The predicted molar refractivity (Wildman–Crippen MR) is 84.5 cm³/mol. The van der Waals surface area contributed by atoms with Crippen molar-refractivity contribution in [2.24, 2.45) is 0 Å². The van der Waals surface area contributed by atoms with Crippen LogP contribution in [0.25, 0.3) is 0 Å². The molecule has 0 radical (unpaired) electrons. The molecule has 0 fully saturated rings. The number of methoxy groups -OCH3 is 1. The maximum atomic E-state index is 5.43. The van der Waals surface area contributed by atoms with E-state index in [-0.39, 0.29) is 0 Å². The first-order chi connectivity index (χ1) is 9.80. The quantitative estimate of drug-likeness (QED) is 0.630. The third-order valence-electron chi connectivity index (χ3n) is 3.34. The summed E-state index contributed by atoms with van der Waals surface area (Å²) >= 11 is 0. The fraction of sp³-hybridized carbons (Fsp3) is 0.647. The van der Waals surface area contributed by atoms with Crippen LogP contribution in [0.4, 0.5) is 0 Å².